The van der Waals surface area contributed by atoms with E-state index in [1.54, 1.807) is 4.70 Å². The quantitative estimate of drug-likeness (QED) is 0.0208. The molecule has 0 spiro atoms. The summed E-state index contributed by atoms with van der Waals surface area (Å²) in [7, 11) is 0. The third-order valence-corrected chi connectivity index (χ3v) is 16.6. The standard InChI is InChI=1S/C71H114N2.2C4H9.Ni/c1-7-12-17-19-21-23-25-27-29-31-33-35-37-39-41-43-45-49-53-65-58-56-63(51-47-14-9-3)60-68(65)70-62(6)67(55-16-11-5)71(73(70)72)69-61-64(52-48-15-10-4)57-59-66(69)54-50-46-44-42-40-38-36-34-32-30-28-26-24-22-20-18-13-8-2;2*1-3-4-2;/h56-61H,7-42,47-55H2,1-6H3;2*1,3-4H2,2H3;/q;2*-1;+2. The largest absolute Gasteiger partial charge is 2.00 e. The summed E-state index contributed by atoms with van der Waals surface area (Å²) in [5, 5.41) is 0. The van der Waals surface area contributed by atoms with Crippen LogP contribution in [0, 0.1) is 37.5 Å². The van der Waals surface area contributed by atoms with Gasteiger partial charge in [0.1, 0.15) is 0 Å². The van der Waals surface area contributed by atoms with Crippen molar-refractivity contribution in [3.05, 3.63) is 100 Å². The Labute approximate surface area is 523 Å². The van der Waals surface area contributed by atoms with Gasteiger partial charge in [0, 0.05) is 48.0 Å². The molecule has 0 atom stereocenters. The molecule has 2 aromatic carbocycles. The Morgan fingerprint density at radius 3 is 0.963 bits per heavy atom. The SMILES string of the molecule is CCCCCCCCCCCCCCCCC#CCCc1ccc(CCCCC)cc1C1=C(C)C(CCCC)=C(c2cc(CCCCC)ccc2CCC#CCCCCCCCCCCCCCCCC)[N+]1=[N-].[CH2-]CCC.[CH2-]CCC.[Ni+2]. The molecule has 2 nitrogen and oxygen atoms in total. The van der Waals surface area contributed by atoms with Crippen LogP contribution in [0.5, 0.6) is 0 Å². The molecule has 0 N–H and O–H groups in total. The van der Waals surface area contributed by atoms with E-state index in [4.69, 9.17) is 0 Å². The van der Waals surface area contributed by atoms with Gasteiger partial charge < -0.3 is 19.4 Å². The van der Waals surface area contributed by atoms with Gasteiger partial charge >= 0.3 is 16.5 Å². The van der Waals surface area contributed by atoms with Gasteiger partial charge in [0.2, 0.25) is 11.4 Å². The summed E-state index contributed by atoms with van der Waals surface area (Å²) < 4.78 is 1.63. The van der Waals surface area contributed by atoms with Crippen molar-refractivity contribution in [1.82, 2.24) is 0 Å². The van der Waals surface area contributed by atoms with Crippen LogP contribution >= 0.6 is 0 Å². The second-order valence-electron chi connectivity index (χ2n) is 24.2. The number of rotatable bonds is 47. The number of nitrogens with zero attached hydrogens (tertiary/aromatic N) is 2. The molecule has 0 saturated carbocycles. The maximum absolute atomic E-state index is 12.8. The minimum atomic E-state index is 0. The van der Waals surface area contributed by atoms with Crippen molar-refractivity contribution in [2.75, 3.05) is 0 Å². The van der Waals surface area contributed by atoms with Crippen LogP contribution in [0.4, 0.5) is 0 Å². The van der Waals surface area contributed by atoms with Crippen LogP contribution in [0.15, 0.2) is 47.5 Å². The van der Waals surface area contributed by atoms with E-state index in [1.165, 1.54) is 276 Å². The fourth-order valence-electron chi connectivity index (χ4n) is 11.1. The van der Waals surface area contributed by atoms with Crippen molar-refractivity contribution < 1.29 is 21.2 Å². The van der Waals surface area contributed by atoms with E-state index in [-0.39, 0.29) is 16.5 Å². The first kappa shape index (κ1) is 79.1. The number of hydrogen-bond acceptors (Lipinski definition) is 0. The first-order valence-electron chi connectivity index (χ1n) is 35.5. The van der Waals surface area contributed by atoms with Gasteiger partial charge in [0.15, 0.2) is 0 Å². The van der Waals surface area contributed by atoms with Gasteiger partial charge in [-0.1, -0.05) is 285 Å². The Morgan fingerprint density at radius 2 is 0.634 bits per heavy atom. The fourth-order valence-corrected chi connectivity index (χ4v) is 11.1. The molecule has 0 bridgehead atoms. The molecule has 0 aromatic heterocycles. The van der Waals surface area contributed by atoms with E-state index < -0.39 is 0 Å². The molecule has 2 aromatic rings. The smallest absolute Gasteiger partial charge is 0.493 e. The molecule has 0 saturated heterocycles. The predicted molar refractivity (Wildman–Crippen MR) is 365 cm³/mol. The van der Waals surface area contributed by atoms with E-state index >= 15 is 0 Å². The molecule has 0 amide bonds. The summed E-state index contributed by atoms with van der Waals surface area (Å²) >= 11 is 0. The average Bonchev–Trinajstić information content (AvgIpc) is 3.84. The number of allylic oxidation sites excluding steroid dienone is 2. The molecule has 0 radical (unpaired) electrons. The molecule has 1 aliphatic rings. The molecule has 1 heterocycles. The van der Waals surface area contributed by atoms with Crippen molar-refractivity contribution in [3.8, 4) is 23.7 Å². The zero-order chi connectivity index (χ0) is 59.1. The molecule has 0 fully saturated rings. The van der Waals surface area contributed by atoms with Gasteiger partial charge in [-0.15, -0.1) is 23.7 Å². The molecule has 3 heteroatoms. The van der Waals surface area contributed by atoms with Crippen LogP contribution in [-0.2, 0) is 42.2 Å². The normalized spacial score (nSPS) is 11.9. The number of unbranched alkanes of at least 4 members (excludes halogenated alkanes) is 35. The Morgan fingerprint density at radius 1 is 0.341 bits per heavy atom. The summed E-state index contributed by atoms with van der Waals surface area (Å²) in [5.41, 5.74) is 25.1. The van der Waals surface area contributed by atoms with Crippen LogP contribution in [-0.4, -0.2) is 4.70 Å². The first-order valence-corrected chi connectivity index (χ1v) is 35.5. The zero-order valence-electron chi connectivity index (χ0n) is 55.7. The second-order valence-corrected chi connectivity index (χ2v) is 24.2. The van der Waals surface area contributed by atoms with Crippen molar-refractivity contribution in [2.24, 2.45) is 0 Å². The van der Waals surface area contributed by atoms with Crippen molar-refractivity contribution in [2.45, 2.75) is 370 Å². The Bertz CT molecular complexity index is 2000. The maximum Gasteiger partial charge on any atom is 2.00 e. The Hall–Kier alpha value is -2.87. The van der Waals surface area contributed by atoms with E-state index in [2.05, 4.69) is 129 Å². The van der Waals surface area contributed by atoms with Gasteiger partial charge in [-0.05, 0) is 106 Å². The molecular formula is C79H132N2Ni. The van der Waals surface area contributed by atoms with Gasteiger partial charge in [0.05, 0.1) is 0 Å². The van der Waals surface area contributed by atoms with Crippen molar-refractivity contribution in [1.29, 1.82) is 0 Å². The minimum Gasteiger partial charge on any atom is -0.493 e. The van der Waals surface area contributed by atoms with Gasteiger partial charge in [-0.25, -0.2) is 4.70 Å². The van der Waals surface area contributed by atoms with Crippen LogP contribution < -0.4 is 0 Å². The third-order valence-electron chi connectivity index (χ3n) is 16.6. The van der Waals surface area contributed by atoms with E-state index in [0.717, 1.165) is 94.9 Å². The van der Waals surface area contributed by atoms with Crippen LogP contribution in [0.2, 0.25) is 0 Å². The summed E-state index contributed by atoms with van der Waals surface area (Å²) in [6.07, 6.45) is 61.7. The summed E-state index contributed by atoms with van der Waals surface area (Å²) in [4.78, 5) is 0. The van der Waals surface area contributed by atoms with Gasteiger partial charge in [-0.2, -0.15) is 12.8 Å². The molecular weight excluding hydrogens is 1040 g/mol. The van der Waals surface area contributed by atoms with Gasteiger partial charge in [-0.3, -0.25) is 0 Å². The van der Waals surface area contributed by atoms with Crippen LogP contribution in [0.1, 0.15) is 378 Å². The van der Waals surface area contributed by atoms with E-state index in [9.17, 15) is 5.53 Å². The molecule has 82 heavy (non-hydrogen) atoms. The predicted octanol–water partition coefficient (Wildman–Crippen LogP) is 26.4. The monoisotopic (exact) mass is 1170 g/mol. The second kappa shape index (κ2) is 58.5. The summed E-state index contributed by atoms with van der Waals surface area (Å²) in [6, 6.07) is 14.3. The molecule has 1 aliphatic heterocycles. The van der Waals surface area contributed by atoms with Crippen molar-refractivity contribution in [3.63, 3.8) is 0 Å². The number of aryl methyl sites for hydroxylation is 4. The molecule has 3 rings (SSSR count). The molecule has 0 aliphatic carbocycles. The number of benzene rings is 2. The zero-order valence-corrected chi connectivity index (χ0v) is 56.7. The van der Waals surface area contributed by atoms with Crippen LogP contribution in [0.25, 0.3) is 16.9 Å². The maximum atomic E-state index is 12.8. The summed E-state index contributed by atoms with van der Waals surface area (Å²) in [6.45, 7) is 25.2. The molecule has 468 valence electrons. The fraction of sp³-hybridized carbons (Fsp3) is 0.722. The minimum absolute atomic E-state index is 0. The Kier molecular flexibility index (Phi) is 56.5. The van der Waals surface area contributed by atoms with E-state index in [1.807, 2.05) is 0 Å². The van der Waals surface area contributed by atoms with Crippen LogP contribution in [0.3, 0.4) is 0 Å². The van der Waals surface area contributed by atoms with E-state index in [0.29, 0.717) is 0 Å². The average molecular weight is 1170 g/mol. The first-order chi connectivity index (χ1) is 39.8. The third kappa shape index (κ3) is 39.0. The number of hydrogen-bond donors (Lipinski definition) is 0. The van der Waals surface area contributed by atoms with Gasteiger partial charge in [0.25, 0.3) is 0 Å². The van der Waals surface area contributed by atoms with Crippen molar-refractivity contribution >= 4 is 11.4 Å². The Balaban J connectivity index is 0.00000681. The molecule has 0 unspecified atom stereocenters. The topological polar surface area (TPSA) is 25.3 Å². The summed E-state index contributed by atoms with van der Waals surface area (Å²) in [5.74, 6) is 14.3.